The summed E-state index contributed by atoms with van der Waals surface area (Å²) in [4.78, 5) is 5.68. The second-order valence-corrected chi connectivity index (χ2v) is 6.38. The first-order valence-corrected chi connectivity index (χ1v) is 7.96. The smallest absolute Gasteiger partial charge is 0.228 e. The van der Waals surface area contributed by atoms with Gasteiger partial charge in [0.05, 0.1) is 5.75 Å². The molecule has 0 spiro atoms. The minimum atomic E-state index is 0.173. The third kappa shape index (κ3) is 3.41. The average Bonchev–Trinajstić information content (AvgIpc) is 3.20. The predicted octanol–water partition coefficient (Wildman–Crippen LogP) is 2.95. The van der Waals surface area contributed by atoms with Crippen molar-refractivity contribution < 1.29 is 4.52 Å². The van der Waals surface area contributed by atoms with Gasteiger partial charge in [-0.1, -0.05) is 23.4 Å². The molecule has 2 aromatic rings. The number of aryl methyl sites for hydroxylation is 1. The quantitative estimate of drug-likeness (QED) is 0.828. The van der Waals surface area contributed by atoms with Crippen molar-refractivity contribution in [2.75, 3.05) is 0 Å². The number of aromatic nitrogens is 2. The Morgan fingerprint density at radius 3 is 2.95 bits per heavy atom. The van der Waals surface area contributed by atoms with E-state index in [0.29, 0.717) is 18.2 Å². The molecule has 2 N–H and O–H groups in total. The molecular weight excluding hydrogens is 270 g/mol. The molecule has 1 aromatic heterocycles. The number of nitrogens with zero attached hydrogens (tertiary/aromatic N) is 2. The van der Waals surface area contributed by atoms with Crippen LogP contribution in [0.15, 0.2) is 33.7 Å². The molecule has 1 aliphatic carbocycles. The summed E-state index contributed by atoms with van der Waals surface area (Å²) in [7, 11) is 0. The van der Waals surface area contributed by atoms with Gasteiger partial charge >= 0.3 is 0 Å². The zero-order valence-electron chi connectivity index (χ0n) is 11.6. The Labute approximate surface area is 123 Å². The summed E-state index contributed by atoms with van der Waals surface area (Å²) in [5.74, 6) is 2.81. The van der Waals surface area contributed by atoms with Gasteiger partial charge in [-0.3, -0.25) is 0 Å². The molecule has 0 bridgehead atoms. The molecule has 20 heavy (non-hydrogen) atoms. The van der Waals surface area contributed by atoms with Crippen LogP contribution in [0, 0.1) is 12.8 Å². The Bertz CT molecular complexity index is 580. The molecule has 0 aliphatic heterocycles. The second kappa shape index (κ2) is 5.97. The van der Waals surface area contributed by atoms with Crippen molar-refractivity contribution in [3.63, 3.8) is 0 Å². The van der Waals surface area contributed by atoms with Crippen molar-refractivity contribution in [3.8, 4) is 0 Å². The molecule has 0 amide bonds. The summed E-state index contributed by atoms with van der Waals surface area (Å²) in [6.07, 6.45) is 3.18. The van der Waals surface area contributed by atoms with Gasteiger partial charge in [0.2, 0.25) is 5.89 Å². The molecule has 1 saturated carbocycles. The Morgan fingerprint density at radius 1 is 1.40 bits per heavy atom. The van der Waals surface area contributed by atoms with E-state index in [0.717, 1.165) is 11.6 Å². The van der Waals surface area contributed by atoms with Crippen LogP contribution in [0.4, 0.5) is 0 Å². The third-order valence-corrected chi connectivity index (χ3v) is 4.77. The molecule has 1 unspecified atom stereocenters. The first-order valence-electron chi connectivity index (χ1n) is 6.98. The molecule has 1 atom stereocenters. The first kappa shape index (κ1) is 13.6. The fraction of sp³-hybridized carbons (Fsp3) is 0.467. The van der Waals surface area contributed by atoms with E-state index < -0.39 is 0 Å². The molecular formula is C15H19N3OS. The molecule has 106 valence electrons. The van der Waals surface area contributed by atoms with Crippen molar-refractivity contribution in [3.05, 3.63) is 41.5 Å². The van der Waals surface area contributed by atoms with Crippen LogP contribution in [-0.2, 0) is 12.2 Å². The fourth-order valence-corrected chi connectivity index (χ4v) is 3.06. The van der Waals surface area contributed by atoms with E-state index in [2.05, 4.69) is 29.2 Å². The second-order valence-electron chi connectivity index (χ2n) is 5.36. The molecule has 1 heterocycles. The van der Waals surface area contributed by atoms with Crippen LogP contribution in [0.25, 0.3) is 0 Å². The number of rotatable bonds is 6. The van der Waals surface area contributed by atoms with Gasteiger partial charge in [-0.25, -0.2) is 0 Å². The lowest BCUT2D eigenvalue weighted by molar-refractivity contribution is 0.360. The monoisotopic (exact) mass is 289 g/mol. The van der Waals surface area contributed by atoms with Crippen LogP contribution in [-0.4, -0.2) is 16.2 Å². The Kier molecular flexibility index (Phi) is 4.08. The lowest BCUT2D eigenvalue weighted by Crippen LogP contribution is -2.25. The van der Waals surface area contributed by atoms with E-state index >= 15 is 0 Å². The molecule has 1 aromatic carbocycles. The third-order valence-electron chi connectivity index (χ3n) is 3.60. The fourth-order valence-electron chi connectivity index (χ4n) is 2.19. The lowest BCUT2D eigenvalue weighted by atomic mass is 10.1. The number of nitrogens with two attached hydrogens (primary N) is 1. The SMILES string of the molecule is Cc1ccccc1SCc1noc(CC(N)C2CC2)n1. The number of hydrogen-bond acceptors (Lipinski definition) is 5. The zero-order valence-corrected chi connectivity index (χ0v) is 12.4. The maximum atomic E-state index is 6.07. The summed E-state index contributed by atoms with van der Waals surface area (Å²) >= 11 is 1.73. The Balaban J connectivity index is 1.55. The van der Waals surface area contributed by atoms with Gasteiger partial charge in [-0.05, 0) is 37.3 Å². The predicted molar refractivity (Wildman–Crippen MR) is 79.4 cm³/mol. The normalized spacial score (nSPS) is 16.3. The van der Waals surface area contributed by atoms with Gasteiger partial charge in [-0.2, -0.15) is 4.98 Å². The first-order chi connectivity index (χ1) is 9.72. The van der Waals surface area contributed by atoms with Crippen molar-refractivity contribution >= 4 is 11.8 Å². The van der Waals surface area contributed by atoms with Crippen LogP contribution in [0.3, 0.4) is 0 Å². The summed E-state index contributed by atoms with van der Waals surface area (Å²) in [5, 5.41) is 4.03. The molecule has 0 radical (unpaired) electrons. The molecule has 1 aliphatic rings. The van der Waals surface area contributed by atoms with E-state index in [9.17, 15) is 0 Å². The number of hydrogen-bond donors (Lipinski definition) is 1. The van der Waals surface area contributed by atoms with Crippen LogP contribution in [0.1, 0.15) is 30.1 Å². The van der Waals surface area contributed by atoms with E-state index in [-0.39, 0.29) is 6.04 Å². The minimum absolute atomic E-state index is 0.173. The summed E-state index contributed by atoms with van der Waals surface area (Å²) in [5.41, 5.74) is 7.35. The highest BCUT2D eigenvalue weighted by atomic mass is 32.2. The molecule has 0 saturated heterocycles. The van der Waals surface area contributed by atoms with Gasteiger partial charge in [0, 0.05) is 17.4 Å². The van der Waals surface area contributed by atoms with Gasteiger partial charge in [-0.15, -0.1) is 11.8 Å². The summed E-state index contributed by atoms with van der Waals surface area (Å²) in [6.45, 7) is 2.11. The van der Waals surface area contributed by atoms with Crippen LogP contribution in [0.5, 0.6) is 0 Å². The van der Waals surface area contributed by atoms with Crippen LogP contribution < -0.4 is 5.73 Å². The Morgan fingerprint density at radius 2 is 2.20 bits per heavy atom. The van der Waals surface area contributed by atoms with Gasteiger partial charge in [0.25, 0.3) is 0 Å². The lowest BCUT2D eigenvalue weighted by Gasteiger charge is -2.04. The highest BCUT2D eigenvalue weighted by molar-refractivity contribution is 7.98. The van der Waals surface area contributed by atoms with E-state index in [4.69, 9.17) is 10.3 Å². The summed E-state index contributed by atoms with van der Waals surface area (Å²) in [6, 6.07) is 8.49. The molecule has 3 rings (SSSR count). The Hall–Kier alpha value is -1.33. The maximum Gasteiger partial charge on any atom is 0.228 e. The van der Waals surface area contributed by atoms with Crippen molar-refractivity contribution in [1.29, 1.82) is 0 Å². The van der Waals surface area contributed by atoms with E-state index in [1.165, 1.54) is 23.3 Å². The molecule has 4 nitrogen and oxygen atoms in total. The highest BCUT2D eigenvalue weighted by Crippen LogP contribution is 2.32. The number of benzene rings is 1. The van der Waals surface area contributed by atoms with E-state index in [1.54, 1.807) is 11.8 Å². The van der Waals surface area contributed by atoms with Gasteiger partial charge in [0.15, 0.2) is 5.82 Å². The van der Waals surface area contributed by atoms with Crippen molar-refractivity contribution in [2.45, 2.75) is 42.9 Å². The topological polar surface area (TPSA) is 64.9 Å². The standard InChI is InChI=1S/C15H19N3OS/c1-10-4-2-3-5-13(10)20-9-14-17-15(19-18-14)8-12(16)11-6-7-11/h2-5,11-12H,6-9,16H2,1H3. The molecule has 1 fully saturated rings. The average molecular weight is 289 g/mol. The molecule has 5 heteroatoms. The van der Waals surface area contributed by atoms with Crippen molar-refractivity contribution in [1.82, 2.24) is 10.1 Å². The highest BCUT2D eigenvalue weighted by Gasteiger charge is 2.29. The summed E-state index contributed by atoms with van der Waals surface area (Å²) < 4.78 is 5.28. The number of thioether (sulfide) groups is 1. The van der Waals surface area contributed by atoms with Gasteiger partial charge in [0.1, 0.15) is 0 Å². The minimum Gasteiger partial charge on any atom is -0.339 e. The van der Waals surface area contributed by atoms with E-state index in [1.807, 2.05) is 12.1 Å². The zero-order chi connectivity index (χ0) is 13.9. The van der Waals surface area contributed by atoms with Crippen LogP contribution >= 0.6 is 11.8 Å². The largest absolute Gasteiger partial charge is 0.339 e. The van der Waals surface area contributed by atoms with Crippen LogP contribution in [0.2, 0.25) is 0 Å². The van der Waals surface area contributed by atoms with Crippen molar-refractivity contribution in [2.24, 2.45) is 11.7 Å². The van der Waals surface area contributed by atoms with Gasteiger partial charge < -0.3 is 10.3 Å². The maximum absolute atomic E-state index is 6.07.